The number of carbonyl (C=O) groups excluding carboxylic acids is 3. The first-order valence-corrected chi connectivity index (χ1v) is 9.56. The van der Waals surface area contributed by atoms with Gasteiger partial charge in [0.25, 0.3) is 11.8 Å². The van der Waals surface area contributed by atoms with E-state index < -0.39 is 11.8 Å². The quantitative estimate of drug-likeness (QED) is 0.639. The van der Waals surface area contributed by atoms with Crippen LogP contribution in [0, 0.1) is 0 Å². The molecule has 0 radical (unpaired) electrons. The van der Waals surface area contributed by atoms with Gasteiger partial charge in [0.15, 0.2) is 0 Å². The average molecular weight is 403 g/mol. The van der Waals surface area contributed by atoms with Crippen LogP contribution < -0.4 is 15.1 Å². The van der Waals surface area contributed by atoms with Gasteiger partial charge in [-0.1, -0.05) is 12.1 Å². The molecule has 7 nitrogen and oxygen atoms in total. The second-order valence-electron chi connectivity index (χ2n) is 7.18. The first-order chi connectivity index (χ1) is 14.4. The van der Waals surface area contributed by atoms with E-state index in [2.05, 4.69) is 5.32 Å². The molecule has 0 saturated carbocycles. The number of carbonyl (C=O) groups is 3. The third-order valence-corrected chi connectivity index (χ3v) is 5.18. The SMILES string of the molecule is CC(=O)Nc1ccc(N2C(=O)c3cccc4c(N(C)CCO)ccc(c34)C2=O)cc1. The fourth-order valence-electron chi connectivity index (χ4n) is 3.82. The molecule has 0 fully saturated rings. The number of anilines is 3. The van der Waals surface area contributed by atoms with Crippen molar-refractivity contribution in [3.8, 4) is 0 Å². The van der Waals surface area contributed by atoms with E-state index in [0.717, 1.165) is 16.0 Å². The van der Waals surface area contributed by atoms with Crippen molar-refractivity contribution in [1.82, 2.24) is 0 Å². The van der Waals surface area contributed by atoms with Crippen molar-refractivity contribution >= 4 is 45.6 Å². The number of likely N-dealkylation sites (N-methyl/N-ethyl adjacent to an activating group) is 1. The van der Waals surface area contributed by atoms with E-state index in [0.29, 0.717) is 34.4 Å². The highest BCUT2D eigenvalue weighted by atomic mass is 16.3. The predicted octanol–water partition coefficient (Wildman–Crippen LogP) is 3.03. The molecular formula is C23H21N3O4. The minimum absolute atomic E-state index is 0.000441. The van der Waals surface area contributed by atoms with Crippen LogP contribution >= 0.6 is 0 Å². The Hall–Kier alpha value is -3.71. The van der Waals surface area contributed by atoms with Crippen LogP contribution in [0.25, 0.3) is 10.8 Å². The van der Waals surface area contributed by atoms with Crippen molar-refractivity contribution in [1.29, 1.82) is 0 Å². The maximum Gasteiger partial charge on any atom is 0.265 e. The van der Waals surface area contributed by atoms with Crippen LogP contribution in [-0.4, -0.2) is 43.0 Å². The first kappa shape index (κ1) is 19.6. The molecule has 0 unspecified atom stereocenters. The molecule has 3 aromatic carbocycles. The van der Waals surface area contributed by atoms with Gasteiger partial charge < -0.3 is 15.3 Å². The van der Waals surface area contributed by atoms with Crippen LogP contribution in [0.3, 0.4) is 0 Å². The normalized spacial score (nSPS) is 13.0. The van der Waals surface area contributed by atoms with Crippen molar-refractivity contribution in [2.75, 3.05) is 35.3 Å². The van der Waals surface area contributed by atoms with E-state index in [1.807, 2.05) is 24.1 Å². The van der Waals surface area contributed by atoms with Gasteiger partial charge in [-0.3, -0.25) is 14.4 Å². The summed E-state index contributed by atoms with van der Waals surface area (Å²) in [5.74, 6) is -0.991. The summed E-state index contributed by atoms with van der Waals surface area (Å²) < 4.78 is 0. The zero-order valence-electron chi connectivity index (χ0n) is 16.7. The molecule has 4 rings (SSSR count). The van der Waals surface area contributed by atoms with Crippen LogP contribution in [0.5, 0.6) is 0 Å². The van der Waals surface area contributed by atoms with Crippen molar-refractivity contribution in [2.45, 2.75) is 6.92 Å². The summed E-state index contributed by atoms with van der Waals surface area (Å²) in [6.07, 6.45) is 0. The van der Waals surface area contributed by atoms with E-state index in [9.17, 15) is 19.5 Å². The Kier molecular flexibility index (Phi) is 4.97. The molecule has 0 saturated heterocycles. The molecule has 0 bridgehead atoms. The number of amides is 3. The Balaban J connectivity index is 1.80. The third-order valence-electron chi connectivity index (χ3n) is 5.18. The number of hydrogen-bond donors (Lipinski definition) is 2. The highest BCUT2D eigenvalue weighted by molar-refractivity contribution is 6.36. The van der Waals surface area contributed by atoms with Gasteiger partial charge in [0.2, 0.25) is 5.91 Å². The van der Waals surface area contributed by atoms with E-state index in [1.54, 1.807) is 42.5 Å². The van der Waals surface area contributed by atoms with Crippen LogP contribution in [0.4, 0.5) is 17.1 Å². The van der Waals surface area contributed by atoms with E-state index in [4.69, 9.17) is 0 Å². The van der Waals surface area contributed by atoms with Crippen LogP contribution in [-0.2, 0) is 4.79 Å². The zero-order valence-corrected chi connectivity index (χ0v) is 16.7. The molecule has 30 heavy (non-hydrogen) atoms. The summed E-state index contributed by atoms with van der Waals surface area (Å²) in [5, 5.41) is 13.4. The number of imide groups is 1. The molecule has 3 aromatic rings. The summed E-state index contributed by atoms with van der Waals surface area (Å²) in [6.45, 7) is 1.85. The molecule has 0 spiro atoms. The van der Waals surface area contributed by atoms with Gasteiger partial charge in [0.05, 0.1) is 12.3 Å². The number of nitrogens with one attached hydrogen (secondary N) is 1. The molecule has 0 aliphatic carbocycles. The second-order valence-corrected chi connectivity index (χ2v) is 7.18. The van der Waals surface area contributed by atoms with Crippen molar-refractivity contribution < 1.29 is 19.5 Å². The van der Waals surface area contributed by atoms with Crippen molar-refractivity contribution in [2.24, 2.45) is 0 Å². The minimum atomic E-state index is -0.396. The number of benzene rings is 3. The number of aliphatic hydroxyl groups excluding tert-OH is 1. The lowest BCUT2D eigenvalue weighted by molar-refractivity contribution is -0.114. The third kappa shape index (κ3) is 3.19. The molecule has 3 amide bonds. The van der Waals surface area contributed by atoms with Gasteiger partial charge in [-0.2, -0.15) is 0 Å². The summed E-state index contributed by atoms with van der Waals surface area (Å²) in [7, 11) is 1.86. The van der Waals surface area contributed by atoms with Crippen LogP contribution in [0.15, 0.2) is 54.6 Å². The Bertz CT molecular complexity index is 1150. The highest BCUT2D eigenvalue weighted by Gasteiger charge is 2.34. The topological polar surface area (TPSA) is 90.0 Å². The predicted molar refractivity (Wildman–Crippen MR) is 116 cm³/mol. The maximum atomic E-state index is 13.3. The molecule has 2 N–H and O–H groups in total. The number of aliphatic hydroxyl groups is 1. The summed E-state index contributed by atoms with van der Waals surface area (Å²) in [6, 6.07) is 15.5. The van der Waals surface area contributed by atoms with Gasteiger partial charge in [0.1, 0.15) is 0 Å². The largest absolute Gasteiger partial charge is 0.395 e. The van der Waals surface area contributed by atoms with Crippen LogP contribution in [0.2, 0.25) is 0 Å². The Morgan fingerprint density at radius 3 is 2.30 bits per heavy atom. The lowest BCUT2D eigenvalue weighted by Gasteiger charge is -2.29. The lowest BCUT2D eigenvalue weighted by Crippen LogP contribution is -2.40. The van der Waals surface area contributed by atoms with E-state index >= 15 is 0 Å². The minimum Gasteiger partial charge on any atom is -0.395 e. The molecule has 7 heteroatoms. The van der Waals surface area contributed by atoms with Gasteiger partial charge >= 0.3 is 0 Å². The Labute approximate surface area is 173 Å². The molecule has 1 aliphatic rings. The van der Waals surface area contributed by atoms with E-state index in [-0.39, 0.29) is 12.5 Å². The van der Waals surface area contributed by atoms with Crippen molar-refractivity contribution in [3.63, 3.8) is 0 Å². The molecule has 1 aliphatic heterocycles. The van der Waals surface area contributed by atoms with Gasteiger partial charge in [-0.05, 0) is 42.5 Å². The molecule has 0 atom stereocenters. The monoisotopic (exact) mass is 403 g/mol. The number of nitrogens with zero attached hydrogens (tertiary/aromatic N) is 2. The van der Waals surface area contributed by atoms with Gasteiger partial charge in [-0.15, -0.1) is 0 Å². The zero-order chi connectivity index (χ0) is 21.4. The summed E-state index contributed by atoms with van der Waals surface area (Å²) >= 11 is 0. The van der Waals surface area contributed by atoms with Crippen LogP contribution in [0.1, 0.15) is 27.6 Å². The van der Waals surface area contributed by atoms with Gasteiger partial charge in [0, 0.05) is 53.8 Å². The molecule has 1 heterocycles. The van der Waals surface area contributed by atoms with Crippen molar-refractivity contribution in [3.05, 3.63) is 65.7 Å². The Morgan fingerprint density at radius 2 is 1.67 bits per heavy atom. The van der Waals surface area contributed by atoms with Gasteiger partial charge in [-0.25, -0.2) is 4.90 Å². The summed E-state index contributed by atoms with van der Waals surface area (Å²) in [5.41, 5.74) is 2.77. The lowest BCUT2D eigenvalue weighted by atomic mass is 9.92. The fraction of sp³-hybridized carbons (Fsp3) is 0.174. The molecule has 0 aromatic heterocycles. The summed E-state index contributed by atoms with van der Waals surface area (Å²) in [4.78, 5) is 40.8. The molecule has 152 valence electrons. The highest BCUT2D eigenvalue weighted by Crippen LogP contribution is 2.37. The number of hydrogen-bond acceptors (Lipinski definition) is 5. The number of rotatable bonds is 5. The maximum absolute atomic E-state index is 13.3. The Morgan fingerprint density at radius 1 is 1.00 bits per heavy atom. The molecular weight excluding hydrogens is 382 g/mol. The fourth-order valence-corrected chi connectivity index (χ4v) is 3.82. The first-order valence-electron chi connectivity index (χ1n) is 9.56. The smallest absolute Gasteiger partial charge is 0.265 e. The second kappa shape index (κ2) is 7.61. The van der Waals surface area contributed by atoms with E-state index in [1.165, 1.54) is 6.92 Å². The average Bonchev–Trinajstić information content (AvgIpc) is 2.72. The standard InChI is InChI=1S/C23H21N3O4/c1-14(28)24-15-6-8-16(9-7-15)26-22(29)18-5-3-4-17-20(25(2)12-13-27)11-10-19(21(17)18)23(26)30/h3-11,27H,12-13H2,1-2H3,(H,24,28).